The Bertz CT molecular complexity index is 2100. The molecule has 2 aromatic carbocycles. The summed E-state index contributed by atoms with van der Waals surface area (Å²) >= 11 is 0. The van der Waals surface area contributed by atoms with Gasteiger partial charge in [0.25, 0.3) is 0 Å². The van der Waals surface area contributed by atoms with Crippen molar-refractivity contribution in [1.29, 1.82) is 0 Å². The third-order valence-corrected chi connectivity index (χ3v) is 12.3. The summed E-state index contributed by atoms with van der Waals surface area (Å²) in [5, 5.41) is 17.3. The summed E-state index contributed by atoms with van der Waals surface area (Å²) in [6.45, 7) is 2.94. The van der Waals surface area contributed by atoms with Gasteiger partial charge in [-0.05, 0) is 84.7 Å². The maximum absolute atomic E-state index is 13.5. The van der Waals surface area contributed by atoms with Gasteiger partial charge >= 0.3 is 6.09 Å². The standard InChI is InChI=1S/C43H50N8O5/c1-25(55-2)38(50-43(54)56-3)42(53)51-19-5-7-35(51)39-45-23-33(48-39)29-12-8-27(9-13-29)28-10-14-30(15-11-28)34-24-46-40(49-34)36-31-16-17-32(20-31)37(36)41(52)47-22-26-6-4-18-44-21-26/h4,6,8-15,18,21,23-25,31-32,35-38,42,53H,5,7,16-17,19-20,22H2,1-3H3,(H,45,48)(H,46,49)(H,47,52)(H,50,54)/t25-,31?,32?,35+,36?,37+,38+,42?/m1/s1. The lowest BCUT2D eigenvalue weighted by Gasteiger charge is -2.36. The number of H-pyrrole nitrogens is 2. The van der Waals surface area contributed by atoms with Gasteiger partial charge in [0.2, 0.25) is 5.91 Å². The number of alkyl carbamates (subject to hydrolysis) is 1. The molecule has 2 amide bonds. The van der Waals surface area contributed by atoms with E-state index < -0.39 is 24.5 Å². The van der Waals surface area contributed by atoms with Gasteiger partial charge in [-0.25, -0.2) is 14.8 Å². The minimum atomic E-state index is -0.998. The number of aliphatic hydroxyl groups excluding tert-OH is 1. The molecule has 2 aliphatic carbocycles. The number of aromatic amines is 2. The SMILES string of the molecule is COC(=O)N[C@H](C(O)N1CCC[C@H]1c1ncc(-c2ccc(-c3ccc(-c4cnc(C5C6CCC(C6)[C@@H]5C(=O)NCc5cccnc5)[nH]4)cc3)cc2)[nH]1)[C@@H](C)OC. The molecule has 2 bridgehead atoms. The van der Waals surface area contributed by atoms with E-state index in [-0.39, 0.29) is 23.8 Å². The number of aliphatic hydroxyl groups is 1. The predicted octanol–water partition coefficient (Wildman–Crippen LogP) is 6.19. The number of pyridine rings is 1. The molecule has 0 spiro atoms. The van der Waals surface area contributed by atoms with Crippen LogP contribution in [0.4, 0.5) is 4.79 Å². The van der Waals surface area contributed by atoms with Crippen LogP contribution in [0, 0.1) is 17.8 Å². The van der Waals surface area contributed by atoms with Crippen LogP contribution in [-0.4, -0.2) is 86.1 Å². The summed E-state index contributed by atoms with van der Waals surface area (Å²) in [6.07, 6.45) is 10.2. The summed E-state index contributed by atoms with van der Waals surface area (Å²) in [6, 6.07) is 19.9. The lowest BCUT2D eigenvalue weighted by atomic mass is 9.78. The molecule has 5 N–H and O–H groups in total. The second-order valence-electron chi connectivity index (χ2n) is 15.4. The highest BCUT2D eigenvalue weighted by Gasteiger charge is 2.52. The fourth-order valence-electron chi connectivity index (χ4n) is 9.24. The van der Waals surface area contributed by atoms with E-state index in [1.807, 2.05) is 29.4 Å². The van der Waals surface area contributed by atoms with E-state index in [1.165, 1.54) is 7.11 Å². The van der Waals surface area contributed by atoms with Crippen molar-refractivity contribution in [3.8, 4) is 33.6 Å². The molecular weight excluding hydrogens is 709 g/mol. The number of imidazole rings is 2. The van der Waals surface area contributed by atoms with E-state index in [1.54, 1.807) is 26.4 Å². The van der Waals surface area contributed by atoms with Gasteiger partial charge in [-0.1, -0.05) is 54.6 Å². The third-order valence-electron chi connectivity index (χ3n) is 12.3. The summed E-state index contributed by atoms with van der Waals surface area (Å²) in [4.78, 5) is 48.3. The Morgan fingerprint density at radius 2 is 1.52 bits per heavy atom. The van der Waals surface area contributed by atoms with Crippen LogP contribution in [0.25, 0.3) is 33.6 Å². The molecule has 292 valence electrons. The van der Waals surface area contributed by atoms with Crippen LogP contribution < -0.4 is 10.6 Å². The van der Waals surface area contributed by atoms with E-state index in [0.29, 0.717) is 24.9 Å². The highest BCUT2D eigenvalue weighted by molar-refractivity contribution is 5.81. The van der Waals surface area contributed by atoms with Crippen molar-refractivity contribution < 1.29 is 24.2 Å². The monoisotopic (exact) mass is 758 g/mol. The number of nitrogens with one attached hydrogen (secondary N) is 4. The minimum absolute atomic E-state index is 0.0759. The first-order chi connectivity index (χ1) is 27.3. The first-order valence-corrected chi connectivity index (χ1v) is 19.6. The first kappa shape index (κ1) is 37.5. The topological polar surface area (TPSA) is 170 Å². The van der Waals surface area contributed by atoms with Crippen LogP contribution in [0.3, 0.4) is 0 Å². The molecule has 3 aliphatic rings. The van der Waals surface area contributed by atoms with Crippen molar-refractivity contribution in [2.45, 2.75) is 75.9 Å². The number of nitrogens with zero attached hydrogens (tertiary/aromatic N) is 4. The van der Waals surface area contributed by atoms with Crippen LogP contribution in [0.5, 0.6) is 0 Å². The largest absolute Gasteiger partial charge is 0.453 e. The van der Waals surface area contributed by atoms with Crippen LogP contribution in [0.15, 0.2) is 85.5 Å². The molecule has 2 saturated carbocycles. The van der Waals surface area contributed by atoms with Crippen molar-refractivity contribution >= 4 is 12.0 Å². The molecule has 3 aromatic heterocycles. The van der Waals surface area contributed by atoms with Crippen LogP contribution in [0.1, 0.15) is 68.2 Å². The number of rotatable bonds is 13. The number of hydrogen-bond acceptors (Lipinski definition) is 9. The number of fused-ring (bicyclic) bond motifs is 2. The van der Waals surface area contributed by atoms with Crippen LogP contribution >= 0.6 is 0 Å². The van der Waals surface area contributed by atoms with Crippen molar-refractivity contribution in [1.82, 2.24) is 40.5 Å². The van der Waals surface area contributed by atoms with E-state index in [2.05, 4.69) is 74.1 Å². The minimum Gasteiger partial charge on any atom is -0.453 e. The van der Waals surface area contributed by atoms with Gasteiger partial charge < -0.3 is 35.2 Å². The van der Waals surface area contributed by atoms with Gasteiger partial charge in [0.15, 0.2) is 0 Å². The van der Waals surface area contributed by atoms with Gasteiger partial charge in [0, 0.05) is 38.5 Å². The van der Waals surface area contributed by atoms with Gasteiger partial charge in [-0.15, -0.1) is 0 Å². The van der Waals surface area contributed by atoms with E-state index in [4.69, 9.17) is 19.4 Å². The normalized spacial score (nSPS) is 23.5. The molecule has 1 aliphatic heterocycles. The number of aromatic nitrogens is 5. The molecule has 8 rings (SSSR count). The summed E-state index contributed by atoms with van der Waals surface area (Å²) in [7, 11) is 2.84. The second-order valence-corrected chi connectivity index (χ2v) is 15.4. The molecule has 0 radical (unpaired) electrons. The lowest BCUT2D eigenvalue weighted by Crippen LogP contribution is -2.56. The Labute approximate surface area is 326 Å². The zero-order chi connectivity index (χ0) is 38.8. The molecule has 56 heavy (non-hydrogen) atoms. The summed E-state index contributed by atoms with van der Waals surface area (Å²) < 4.78 is 10.3. The third kappa shape index (κ3) is 7.58. The van der Waals surface area contributed by atoms with Crippen molar-refractivity contribution in [2.24, 2.45) is 17.8 Å². The zero-order valence-electron chi connectivity index (χ0n) is 32.0. The van der Waals surface area contributed by atoms with Gasteiger partial charge in [-0.2, -0.15) is 0 Å². The zero-order valence-corrected chi connectivity index (χ0v) is 32.0. The highest BCUT2D eigenvalue weighted by Crippen LogP contribution is 2.56. The fourth-order valence-corrected chi connectivity index (χ4v) is 9.24. The molecule has 3 fully saturated rings. The second kappa shape index (κ2) is 16.4. The number of ether oxygens (including phenoxy) is 2. The van der Waals surface area contributed by atoms with Crippen molar-refractivity contribution in [3.63, 3.8) is 0 Å². The number of benzene rings is 2. The molecule has 4 heterocycles. The van der Waals surface area contributed by atoms with Crippen LogP contribution in [0.2, 0.25) is 0 Å². The van der Waals surface area contributed by atoms with Gasteiger partial charge in [0.1, 0.15) is 17.9 Å². The molecule has 4 unspecified atom stereocenters. The average Bonchev–Trinajstić information content (AvgIpc) is 4.10. The molecule has 5 aromatic rings. The predicted molar refractivity (Wildman–Crippen MR) is 211 cm³/mol. The molecule has 13 heteroatoms. The van der Waals surface area contributed by atoms with Gasteiger partial charge in [-0.3, -0.25) is 14.7 Å². The Morgan fingerprint density at radius 3 is 2.16 bits per heavy atom. The summed E-state index contributed by atoms with van der Waals surface area (Å²) in [5.41, 5.74) is 7.07. The molecule has 1 saturated heterocycles. The summed E-state index contributed by atoms with van der Waals surface area (Å²) in [5.74, 6) is 2.67. The fraction of sp³-hybridized carbons (Fsp3) is 0.419. The smallest absolute Gasteiger partial charge is 0.407 e. The first-order valence-electron chi connectivity index (χ1n) is 19.6. The highest BCUT2D eigenvalue weighted by atomic mass is 16.5. The molecular formula is C43H50N8O5. The number of amides is 2. The number of methoxy groups -OCH3 is 2. The lowest BCUT2D eigenvalue weighted by molar-refractivity contribution is -0.127. The van der Waals surface area contributed by atoms with Crippen molar-refractivity contribution in [3.05, 3.63) is 103 Å². The van der Waals surface area contributed by atoms with E-state index in [0.717, 1.165) is 83.0 Å². The Hall–Kier alpha value is -5.37. The number of likely N-dealkylation sites (tertiary alicyclic amines) is 1. The van der Waals surface area contributed by atoms with Gasteiger partial charge in [0.05, 0.1) is 55.0 Å². The van der Waals surface area contributed by atoms with E-state index >= 15 is 0 Å². The average molecular weight is 759 g/mol. The molecule has 13 nitrogen and oxygen atoms in total. The quantitative estimate of drug-likeness (QED) is 0.0940. The Morgan fingerprint density at radius 1 is 0.875 bits per heavy atom. The maximum atomic E-state index is 13.5. The number of carbonyl (C=O) groups excluding carboxylic acids is 2. The number of carbonyl (C=O) groups is 2. The number of hydrogen-bond donors (Lipinski definition) is 5. The Balaban J connectivity index is 0.917. The van der Waals surface area contributed by atoms with Crippen LogP contribution in [-0.2, 0) is 20.8 Å². The van der Waals surface area contributed by atoms with Crippen molar-refractivity contribution in [2.75, 3.05) is 20.8 Å². The Kier molecular flexibility index (Phi) is 11.0. The maximum Gasteiger partial charge on any atom is 0.407 e. The van der Waals surface area contributed by atoms with E-state index in [9.17, 15) is 14.7 Å². The molecule has 8 atom stereocenters.